The van der Waals surface area contributed by atoms with Gasteiger partial charge in [0.25, 0.3) is 15.9 Å². The van der Waals surface area contributed by atoms with Crippen molar-refractivity contribution in [1.29, 1.82) is 0 Å². The highest BCUT2D eigenvalue weighted by Gasteiger charge is 2.15. The summed E-state index contributed by atoms with van der Waals surface area (Å²) in [4.78, 5) is 22.6. The fraction of sp³-hybridized carbons (Fsp3) is 0.222. The van der Waals surface area contributed by atoms with Crippen molar-refractivity contribution in [2.24, 2.45) is 5.73 Å². The molecule has 2 aromatic carbocycles. The molecule has 9 heteroatoms. The van der Waals surface area contributed by atoms with Crippen LogP contribution in [0, 0.1) is 6.92 Å². The van der Waals surface area contributed by atoms with E-state index < -0.39 is 15.9 Å². The van der Waals surface area contributed by atoms with Crippen LogP contribution in [0.1, 0.15) is 15.9 Å². The van der Waals surface area contributed by atoms with Crippen LogP contribution in [-0.2, 0) is 19.6 Å². The van der Waals surface area contributed by atoms with E-state index in [0.717, 1.165) is 5.56 Å². The number of anilines is 1. The number of hydrogen-bond donors (Lipinski definition) is 3. The highest BCUT2D eigenvalue weighted by Crippen LogP contribution is 2.17. The third-order valence-electron chi connectivity index (χ3n) is 3.51. The van der Waals surface area contributed by atoms with Gasteiger partial charge in [0.1, 0.15) is 6.61 Å². The minimum atomic E-state index is -3.75. The van der Waals surface area contributed by atoms with Crippen LogP contribution < -0.4 is 15.8 Å². The zero-order valence-corrected chi connectivity index (χ0v) is 15.6. The Balaban J connectivity index is 1.94. The Bertz CT molecular complexity index is 894. The quantitative estimate of drug-likeness (QED) is 0.550. The summed E-state index contributed by atoms with van der Waals surface area (Å²) in [6, 6.07) is 12.5. The molecule has 0 atom stereocenters. The number of aryl methyl sites for hydroxylation is 1. The molecule has 2 rings (SSSR count). The van der Waals surface area contributed by atoms with Crippen molar-refractivity contribution in [3.05, 3.63) is 59.7 Å². The molecule has 27 heavy (non-hydrogen) atoms. The summed E-state index contributed by atoms with van der Waals surface area (Å²) in [5.74, 6) is -0.967. The maximum absolute atomic E-state index is 12.4. The number of carbonyl (C=O) groups is 2. The number of ether oxygens (including phenoxy) is 1. The number of amides is 2. The minimum absolute atomic E-state index is 0.0458. The molecule has 0 aromatic heterocycles. The van der Waals surface area contributed by atoms with Crippen molar-refractivity contribution in [2.45, 2.75) is 11.8 Å². The van der Waals surface area contributed by atoms with Crippen LogP contribution in [0.2, 0.25) is 0 Å². The normalized spacial score (nSPS) is 11.0. The number of sulfonamides is 1. The van der Waals surface area contributed by atoms with Gasteiger partial charge in [0.2, 0.25) is 5.91 Å². The lowest BCUT2D eigenvalue weighted by Crippen LogP contribution is -2.28. The van der Waals surface area contributed by atoms with Crippen molar-refractivity contribution in [1.82, 2.24) is 5.32 Å². The molecule has 0 saturated heterocycles. The minimum Gasteiger partial charge on any atom is -0.370 e. The average Bonchev–Trinajstić information content (AvgIpc) is 2.63. The Morgan fingerprint density at radius 2 is 1.67 bits per heavy atom. The lowest BCUT2D eigenvalue weighted by Gasteiger charge is -2.09. The zero-order chi connectivity index (χ0) is 19.9. The molecule has 0 aliphatic heterocycles. The Hall–Kier alpha value is -2.91. The lowest BCUT2D eigenvalue weighted by molar-refractivity contribution is -0.122. The second-order valence-electron chi connectivity index (χ2n) is 5.77. The molecule has 0 aliphatic carbocycles. The van der Waals surface area contributed by atoms with Gasteiger partial charge >= 0.3 is 0 Å². The first kappa shape index (κ1) is 20.4. The number of primary amides is 1. The molecule has 0 heterocycles. The van der Waals surface area contributed by atoms with E-state index in [2.05, 4.69) is 10.0 Å². The van der Waals surface area contributed by atoms with Gasteiger partial charge in [-0.25, -0.2) is 8.42 Å². The molecule has 0 bridgehead atoms. The third-order valence-corrected chi connectivity index (χ3v) is 4.90. The van der Waals surface area contributed by atoms with E-state index in [4.69, 9.17) is 10.5 Å². The van der Waals surface area contributed by atoms with Crippen LogP contribution in [0.15, 0.2) is 53.4 Å². The van der Waals surface area contributed by atoms with Crippen LogP contribution in [-0.4, -0.2) is 40.0 Å². The largest absolute Gasteiger partial charge is 0.370 e. The van der Waals surface area contributed by atoms with Crippen LogP contribution >= 0.6 is 0 Å². The van der Waals surface area contributed by atoms with Gasteiger partial charge in [-0.2, -0.15) is 0 Å². The molecule has 8 nitrogen and oxygen atoms in total. The first-order valence-corrected chi connectivity index (χ1v) is 9.60. The highest BCUT2D eigenvalue weighted by molar-refractivity contribution is 7.92. The van der Waals surface area contributed by atoms with E-state index in [1.807, 2.05) is 6.92 Å². The number of nitrogens with two attached hydrogens (primary N) is 1. The van der Waals surface area contributed by atoms with Gasteiger partial charge in [-0.3, -0.25) is 14.3 Å². The van der Waals surface area contributed by atoms with Crippen LogP contribution in [0.5, 0.6) is 0 Å². The van der Waals surface area contributed by atoms with Gasteiger partial charge < -0.3 is 15.8 Å². The molecular formula is C18H21N3O5S. The van der Waals surface area contributed by atoms with Gasteiger partial charge in [-0.1, -0.05) is 17.7 Å². The molecule has 4 N–H and O–H groups in total. The Morgan fingerprint density at radius 3 is 2.26 bits per heavy atom. The monoisotopic (exact) mass is 391 g/mol. The standard InChI is InChI=1S/C18H21N3O5S/c1-13-2-6-15(7-3-13)21-27(24,25)16-8-4-14(5-9-16)18(23)20-10-11-26-12-17(19)22/h2-9,21H,10-12H2,1H3,(H2,19,22)(H,20,23). The molecule has 0 fully saturated rings. The maximum atomic E-state index is 12.4. The number of carbonyl (C=O) groups excluding carboxylic acids is 2. The lowest BCUT2D eigenvalue weighted by atomic mass is 10.2. The second kappa shape index (κ2) is 9.15. The molecule has 0 radical (unpaired) electrons. The van der Waals surface area contributed by atoms with E-state index in [1.54, 1.807) is 24.3 Å². The summed E-state index contributed by atoms with van der Waals surface area (Å²) in [6.07, 6.45) is 0. The third kappa shape index (κ3) is 6.39. The molecule has 0 spiro atoms. The van der Waals surface area contributed by atoms with E-state index in [-0.39, 0.29) is 30.6 Å². The van der Waals surface area contributed by atoms with E-state index in [9.17, 15) is 18.0 Å². The number of nitrogens with one attached hydrogen (secondary N) is 2. The Labute approximate surface area is 157 Å². The first-order valence-electron chi connectivity index (χ1n) is 8.12. The summed E-state index contributed by atoms with van der Waals surface area (Å²) in [6.45, 7) is 2.03. The summed E-state index contributed by atoms with van der Waals surface area (Å²) in [5, 5.41) is 2.59. The fourth-order valence-electron chi connectivity index (χ4n) is 2.13. The SMILES string of the molecule is Cc1ccc(NS(=O)(=O)c2ccc(C(=O)NCCOCC(N)=O)cc2)cc1. The van der Waals surface area contributed by atoms with E-state index in [0.29, 0.717) is 11.3 Å². The maximum Gasteiger partial charge on any atom is 0.261 e. The van der Waals surface area contributed by atoms with Crippen LogP contribution in [0.3, 0.4) is 0 Å². The van der Waals surface area contributed by atoms with Gasteiger partial charge in [0, 0.05) is 17.8 Å². The van der Waals surface area contributed by atoms with Crippen molar-refractivity contribution in [3.8, 4) is 0 Å². The van der Waals surface area contributed by atoms with Gasteiger partial charge in [0.05, 0.1) is 11.5 Å². The van der Waals surface area contributed by atoms with Gasteiger partial charge in [0.15, 0.2) is 0 Å². The number of rotatable bonds is 9. The van der Waals surface area contributed by atoms with Crippen LogP contribution in [0.25, 0.3) is 0 Å². The molecule has 2 aromatic rings. The predicted molar refractivity (Wildman–Crippen MR) is 101 cm³/mol. The van der Waals surface area contributed by atoms with Crippen molar-refractivity contribution in [2.75, 3.05) is 24.5 Å². The second-order valence-corrected chi connectivity index (χ2v) is 7.45. The van der Waals surface area contributed by atoms with Crippen molar-refractivity contribution >= 4 is 27.5 Å². The summed E-state index contributed by atoms with van der Waals surface area (Å²) < 4.78 is 32.2. The zero-order valence-electron chi connectivity index (χ0n) is 14.8. The number of benzene rings is 2. The molecular weight excluding hydrogens is 370 g/mol. The average molecular weight is 391 g/mol. The molecule has 2 amide bonds. The van der Waals surface area contributed by atoms with Crippen molar-refractivity contribution < 1.29 is 22.7 Å². The first-order chi connectivity index (χ1) is 12.8. The molecule has 144 valence electrons. The van der Waals surface area contributed by atoms with E-state index >= 15 is 0 Å². The fourth-order valence-corrected chi connectivity index (χ4v) is 3.19. The molecule has 0 aliphatic rings. The summed E-state index contributed by atoms with van der Waals surface area (Å²) >= 11 is 0. The molecule has 0 unspecified atom stereocenters. The van der Waals surface area contributed by atoms with Gasteiger partial charge in [-0.15, -0.1) is 0 Å². The predicted octanol–water partition coefficient (Wildman–Crippen LogP) is 1.03. The Kier molecular flexibility index (Phi) is 6.91. The number of hydrogen-bond acceptors (Lipinski definition) is 5. The van der Waals surface area contributed by atoms with Crippen molar-refractivity contribution in [3.63, 3.8) is 0 Å². The van der Waals surface area contributed by atoms with Crippen LogP contribution in [0.4, 0.5) is 5.69 Å². The van der Waals surface area contributed by atoms with Gasteiger partial charge in [-0.05, 0) is 43.3 Å². The summed E-state index contributed by atoms with van der Waals surface area (Å²) in [7, 11) is -3.75. The smallest absolute Gasteiger partial charge is 0.261 e. The van der Waals surface area contributed by atoms with E-state index in [1.165, 1.54) is 24.3 Å². The molecule has 0 saturated carbocycles. The Morgan fingerprint density at radius 1 is 1.04 bits per heavy atom. The summed E-state index contributed by atoms with van der Waals surface area (Å²) in [5.41, 5.74) is 6.71. The topological polar surface area (TPSA) is 128 Å². The highest BCUT2D eigenvalue weighted by atomic mass is 32.2.